The van der Waals surface area contributed by atoms with Crippen molar-refractivity contribution in [2.75, 3.05) is 44.7 Å². The van der Waals surface area contributed by atoms with Crippen molar-refractivity contribution in [3.8, 4) is 0 Å². The number of para-hydroxylation sites is 1. The lowest BCUT2D eigenvalue weighted by atomic mass is 10.2. The standard InChI is InChI=1S/C22H22N4O3S/c1-3-29-22(28)18-19(27)14-8-9-17(25-12-10-24(2)11-13-25)23-20(14)26-15-6-4-5-7-16(15)30-21(18)26/h4-9H,3,10-13H2,1-2H3. The zero-order valence-electron chi connectivity index (χ0n) is 16.9. The summed E-state index contributed by atoms with van der Waals surface area (Å²) in [6.07, 6.45) is 0. The molecule has 3 aromatic heterocycles. The van der Waals surface area contributed by atoms with Gasteiger partial charge in [0.05, 0.1) is 22.2 Å². The molecule has 30 heavy (non-hydrogen) atoms. The van der Waals surface area contributed by atoms with Gasteiger partial charge in [-0.1, -0.05) is 12.1 Å². The van der Waals surface area contributed by atoms with Crippen LogP contribution in [0.2, 0.25) is 0 Å². The highest BCUT2D eigenvalue weighted by atomic mass is 32.1. The summed E-state index contributed by atoms with van der Waals surface area (Å²) in [5, 5.41) is 0.428. The van der Waals surface area contributed by atoms with E-state index in [4.69, 9.17) is 9.72 Å². The predicted octanol–water partition coefficient (Wildman–Crippen LogP) is 2.99. The quantitative estimate of drug-likeness (QED) is 0.473. The highest BCUT2D eigenvalue weighted by molar-refractivity contribution is 7.24. The number of carbonyl (C=O) groups is 1. The van der Waals surface area contributed by atoms with Crippen LogP contribution in [0.25, 0.3) is 26.1 Å². The van der Waals surface area contributed by atoms with Crippen molar-refractivity contribution in [2.45, 2.75) is 6.92 Å². The molecule has 1 saturated heterocycles. The molecule has 0 saturated carbocycles. The van der Waals surface area contributed by atoms with Gasteiger partial charge in [-0.3, -0.25) is 9.20 Å². The van der Waals surface area contributed by atoms with Crippen molar-refractivity contribution in [3.05, 3.63) is 52.2 Å². The summed E-state index contributed by atoms with van der Waals surface area (Å²) in [5.74, 6) is 0.263. The Labute approximate surface area is 177 Å². The third-order valence-electron chi connectivity index (χ3n) is 5.58. The Kier molecular flexibility index (Phi) is 4.67. The van der Waals surface area contributed by atoms with Crippen LogP contribution in [0.3, 0.4) is 0 Å². The van der Waals surface area contributed by atoms with Gasteiger partial charge < -0.3 is 14.5 Å². The molecular formula is C22H22N4O3S. The maximum absolute atomic E-state index is 13.3. The van der Waals surface area contributed by atoms with Gasteiger partial charge in [0.2, 0.25) is 5.43 Å². The lowest BCUT2D eigenvalue weighted by Crippen LogP contribution is -2.44. The number of ether oxygens (including phenoxy) is 1. The molecule has 4 aromatic rings. The molecule has 4 heterocycles. The van der Waals surface area contributed by atoms with Crippen LogP contribution >= 0.6 is 11.3 Å². The summed E-state index contributed by atoms with van der Waals surface area (Å²) < 4.78 is 8.13. The number of aromatic nitrogens is 2. The van der Waals surface area contributed by atoms with Crippen LogP contribution in [0.15, 0.2) is 41.2 Å². The van der Waals surface area contributed by atoms with E-state index in [1.807, 2.05) is 34.7 Å². The number of carbonyl (C=O) groups excluding carboxylic acids is 1. The minimum Gasteiger partial charge on any atom is -0.462 e. The summed E-state index contributed by atoms with van der Waals surface area (Å²) in [5.41, 5.74) is 1.26. The summed E-state index contributed by atoms with van der Waals surface area (Å²) in [7, 11) is 2.11. The first-order valence-electron chi connectivity index (χ1n) is 10.1. The second-order valence-corrected chi connectivity index (χ2v) is 8.50. The number of thiazole rings is 1. The number of fused-ring (bicyclic) bond motifs is 5. The van der Waals surface area contributed by atoms with Crippen LogP contribution in [0, 0.1) is 0 Å². The molecule has 0 aliphatic carbocycles. The number of piperazine rings is 1. The highest BCUT2D eigenvalue weighted by Gasteiger charge is 2.24. The van der Waals surface area contributed by atoms with E-state index in [0.717, 1.165) is 42.2 Å². The van der Waals surface area contributed by atoms with Gasteiger partial charge in [-0.15, -0.1) is 11.3 Å². The molecule has 0 amide bonds. The van der Waals surface area contributed by atoms with E-state index in [0.29, 0.717) is 15.9 Å². The van der Waals surface area contributed by atoms with E-state index in [2.05, 4.69) is 16.8 Å². The smallest absolute Gasteiger partial charge is 0.345 e. The van der Waals surface area contributed by atoms with E-state index in [1.54, 1.807) is 13.0 Å². The molecule has 0 spiro atoms. The molecule has 1 aliphatic heterocycles. The number of nitrogens with zero attached hydrogens (tertiary/aromatic N) is 4. The Balaban J connectivity index is 1.82. The van der Waals surface area contributed by atoms with Gasteiger partial charge in [-0.2, -0.15) is 0 Å². The minimum absolute atomic E-state index is 0.0831. The van der Waals surface area contributed by atoms with Gasteiger partial charge in [0.15, 0.2) is 5.65 Å². The number of rotatable bonds is 3. The molecular weight excluding hydrogens is 400 g/mol. The number of hydrogen-bond acceptors (Lipinski definition) is 7. The molecule has 1 fully saturated rings. The van der Waals surface area contributed by atoms with E-state index in [1.165, 1.54) is 11.3 Å². The molecule has 154 valence electrons. The largest absolute Gasteiger partial charge is 0.462 e. The topological polar surface area (TPSA) is 67.2 Å². The zero-order chi connectivity index (χ0) is 20.8. The highest BCUT2D eigenvalue weighted by Crippen LogP contribution is 2.31. The molecule has 1 aliphatic rings. The lowest BCUT2D eigenvalue weighted by Gasteiger charge is -2.33. The predicted molar refractivity (Wildman–Crippen MR) is 120 cm³/mol. The molecule has 5 rings (SSSR count). The number of likely N-dealkylation sites (N-methyl/N-ethyl adjacent to an activating group) is 1. The van der Waals surface area contributed by atoms with Crippen molar-refractivity contribution in [1.82, 2.24) is 14.3 Å². The first-order valence-corrected chi connectivity index (χ1v) is 10.9. The Morgan fingerprint density at radius 2 is 1.90 bits per heavy atom. The first-order chi connectivity index (χ1) is 14.6. The van der Waals surface area contributed by atoms with E-state index < -0.39 is 5.97 Å². The average Bonchev–Trinajstić information content (AvgIpc) is 3.13. The SMILES string of the molecule is CCOC(=O)c1c(=O)c2ccc(N3CCN(C)CC3)nc2n2c1sc1ccccc12. The number of esters is 1. The van der Waals surface area contributed by atoms with Gasteiger partial charge in [-0.25, -0.2) is 9.78 Å². The summed E-state index contributed by atoms with van der Waals surface area (Å²) in [6, 6.07) is 11.5. The minimum atomic E-state index is -0.586. The molecule has 0 bridgehead atoms. The Morgan fingerprint density at radius 1 is 1.13 bits per heavy atom. The number of benzene rings is 1. The normalized spacial score (nSPS) is 15.3. The third kappa shape index (κ3) is 2.95. The van der Waals surface area contributed by atoms with Gasteiger partial charge in [-0.05, 0) is 38.2 Å². The van der Waals surface area contributed by atoms with Crippen molar-refractivity contribution in [3.63, 3.8) is 0 Å². The van der Waals surface area contributed by atoms with Gasteiger partial charge in [0, 0.05) is 26.2 Å². The van der Waals surface area contributed by atoms with Crippen LogP contribution in [0.4, 0.5) is 5.82 Å². The first kappa shape index (κ1) is 19.0. The van der Waals surface area contributed by atoms with Gasteiger partial charge in [0.1, 0.15) is 16.2 Å². The number of pyridine rings is 2. The molecule has 8 heteroatoms. The van der Waals surface area contributed by atoms with Crippen LogP contribution < -0.4 is 10.3 Å². The zero-order valence-corrected chi connectivity index (χ0v) is 17.7. The number of hydrogen-bond donors (Lipinski definition) is 0. The molecule has 0 unspecified atom stereocenters. The summed E-state index contributed by atoms with van der Waals surface area (Å²) in [6.45, 7) is 5.67. The van der Waals surface area contributed by atoms with Crippen molar-refractivity contribution < 1.29 is 9.53 Å². The Hall–Kier alpha value is -2.97. The van der Waals surface area contributed by atoms with Crippen LogP contribution in [-0.2, 0) is 4.74 Å². The Morgan fingerprint density at radius 3 is 2.67 bits per heavy atom. The summed E-state index contributed by atoms with van der Waals surface area (Å²) in [4.78, 5) is 36.0. The third-order valence-corrected chi connectivity index (χ3v) is 6.73. The van der Waals surface area contributed by atoms with E-state index >= 15 is 0 Å². The maximum atomic E-state index is 13.3. The van der Waals surface area contributed by atoms with E-state index in [-0.39, 0.29) is 17.6 Å². The Bertz CT molecular complexity index is 1340. The van der Waals surface area contributed by atoms with Crippen LogP contribution in [0.5, 0.6) is 0 Å². The molecule has 0 N–H and O–H groups in total. The van der Waals surface area contributed by atoms with Crippen molar-refractivity contribution in [2.24, 2.45) is 0 Å². The van der Waals surface area contributed by atoms with Gasteiger partial charge in [0.25, 0.3) is 0 Å². The molecule has 1 aromatic carbocycles. The second-order valence-electron chi connectivity index (χ2n) is 7.47. The average molecular weight is 423 g/mol. The molecule has 0 radical (unpaired) electrons. The fourth-order valence-electron chi connectivity index (χ4n) is 3.97. The monoisotopic (exact) mass is 422 g/mol. The lowest BCUT2D eigenvalue weighted by molar-refractivity contribution is 0.0527. The maximum Gasteiger partial charge on any atom is 0.345 e. The van der Waals surface area contributed by atoms with Crippen LogP contribution in [0.1, 0.15) is 17.3 Å². The van der Waals surface area contributed by atoms with Crippen molar-refractivity contribution in [1.29, 1.82) is 0 Å². The fourth-order valence-corrected chi connectivity index (χ4v) is 5.15. The summed E-state index contributed by atoms with van der Waals surface area (Å²) >= 11 is 1.42. The van der Waals surface area contributed by atoms with E-state index in [9.17, 15) is 9.59 Å². The second kappa shape index (κ2) is 7.37. The molecule has 7 nitrogen and oxygen atoms in total. The fraction of sp³-hybridized carbons (Fsp3) is 0.318. The number of anilines is 1. The van der Waals surface area contributed by atoms with Crippen molar-refractivity contribution >= 4 is 49.2 Å². The van der Waals surface area contributed by atoms with Crippen LogP contribution in [-0.4, -0.2) is 60.1 Å². The van der Waals surface area contributed by atoms with Gasteiger partial charge >= 0.3 is 5.97 Å². The molecule has 0 atom stereocenters.